The van der Waals surface area contributed by atoms with Crippen LogP contribution in [0.2, 0.25) is 5.15 Å². The Kier molecular flexibility index (Phi) is 4.55. The van der Waals surface area contributed by atoms with Gasteiger partial charge in [-0.1, -0.05) is 24.2 Å². The quantitative estimate of drug-likeness (QED) is 0.569. The van der Waals surface area contributed by atoms with Gasteiger partial charge < -0.3 is 5.73 Å². The molecule has 0 bridgehead atoms. The van der Waals surface area contributed by atoms with Crippen molar-refractivity contribution in [3.8, 4) is 17.5 Å². The van der Waals surface area contributed by atoms with E-state index in [0.29, 0.717) is 28.1 Å². The number of aromatic nitrogens is 4. The van der Waals surface area contributed by atoms with Crippen LogP contribution in [0.4, 0.5) is 0 Å². The van der Waals surface area contributed by atoms with Crippen LogP contribution >= 0.6 is 11.6 Å². The van der Waals surface area contributed by atoms with Crippen LogP contribution in [0.5, 0.6) is 0 Å². The molecular formula is C19H16ClN5. The molecule has 0 unspecified atom stereocenters. The fourth-order valence-corrected chi connectivity index (χ4v) is 2.51. The van der Waals surface area contributed by atoms with Gasteiger partial charge in [0.1, 0.15) is 16.5 Å². The minimum atomic E-state index is 0.359. The molecule has 3 heterocycles. The first kappa shape index (κ1) is 16.7. The van der Waals surface area contributed by atoms with E-state index in [2.05, 4.69) is 33.4 Å². The lowest BCUT2D eigenvalue weighted by atomic mass is 10.3. The maximum Gasteiger partial charge on any atom is 0.161 e. The first-order valence-electron chi connectivity index (χ1n) is 7.57. The van der Waals surface area contributed by atoms with Gasteiger partial charge in [-0.25, -0.2) is 9.97 Å². The molecule has 5 nitrogen and oxygen atoms in total. The van der Waals surface area contributed by atoms with E-state index >= 15 is 0 Å². The van der Waals surface area contributed by atoms with Crippen molar-refractivity contribution in [2.75, 3.05) is 0 Å². The summed E-state index contributed by atoms with van der Waals surface area (Å²) in [6.45, 7) is 7.67. The van der Waals surface area contributed by atoms with Crippen LogP contribution in [-0.2, 0) is 0 Å². The van der Waals surface area contributed by atoms with E-state index in [9.17, 15) is 0 Å². The number of pyridine rings is 2. The molecule has 0 saturated carbocycles. The molecule has 3 rings (SSSR count). The van der Waals surface area contributed by atoms with Crippen LogP contribution in [0.3, 0.4) is 0 Å². The fraction of sp³-hybridized carbons (Fsp3) is 0.105. The summed E-state index contributed by atoms with van der Waals surface area (Å²) >= 11 is 5.89. The van der Waals surface area contributed by atoms with E-state index in [1.54, 1.807) is 24.4 Å². The molecule has 6 heteroatoms. The predicted molar refractivity (Wildman–Crippen MR) is 99.3 cm³/mol. The maximum atomic E-state index is 5.91. The molecule has 25 heavy (non-hydrogen) atoms. The van der Waals surface area contributed by atoms with E-state index in [4.69, 9.17) is 17.3 Å². The number of halogens is 1. The Bertz CT molecular complexity index is 1010. The Morgan fingerprint density at radius 3 is 2.60 bits per heavy atom. The zero-order valence-corrected chi connectivity index (χ0v) is 14.7. The number of nitrogens with zero attached hydrogens (tertiary/aromatic N) is 4. The predicted octanol–water partition coefficient (Wildman–Crippen LogP) is 3.26. The summed E-state index contributed by atoms with van der Waals surface area (Å²) in [5.74, 6) is 6.56. The highest BCUT2D eigenvalue weighted by Gasteiger charge is 2.15. The first-order valence-corrected chi connectivity index (χ1v) is 7.95. The summed E-state index contributed by atoms with van der Waals surface area (Å²) in [5.41, 5.74) is 10.1. The Labute approximate surface area is 151 Å². The summed E-state index contributed by atoms with van der Waals surface area (Å²) in [6, 6.07) is 9.18. The van der Waals surface area contributed by atoms with Crippen molar-refractivity contribution in [2.24, 2.45) is 5.73 Å². The third kappa shape index (κ3) is 3.54. The highest BCUT2D eigenvalue weighted by molar-refractivity contribution is 6.29. The van der Waals surface area contributed by atoms with E-state index in [1.165, 1.54) is 0 Å². The van der Waals surface area contributed by atoms with Gasteiger partial charge in [0, 0.05) is 5.69 Å². The Balaban J connectivity index is 2.10. The minimum Gasteiger partial charge on any atom is -0.396 e. The average Bonchev–Trinajstić information content (AvgIpc) is 2.91. The average molecular weight is 350 g/mol. The van der Waals surface area contributed by atoms with Gasteiger partial charge in [-0.15, -0.1) is 0 Å². The maximum absolute atomic E-state index is 5.91. The number of rotatable bonds is 2. The number of hydrogen-bond donors (Lipinski definition) is 1. The largest absolute Gasteiger partial charge is 0.396 e. The number of hydrogen-bond acceptors (Lipinski definition) is 4. The van der Waals surface area contributed by atoms with Crippen LogP contribution in [-0.4, -0.2) is 19.5 Å². The van der Waals surface area contributed by atoms with Crippen molar-refractivity contribution in [3.63, 3.8) is 0 Å². The number of nitrogens with two attached hydrogens (primary N) is 1. The lowest BCUT2D eigenvalue weighted by molar-refractivity contribution is 0.959. The van der Waals surface area contributed by atoms with Gasteiger partial charge in [-0.2, -0.15) is 0 Å². The van der Waals surface area contributed by atoms with Crippen LogP contribution < -0.4 is 5.73 Å². The monoisotopic (exact) mass is 349 g/mol. The normalized spacial score (nSPS) is 10.2. The summed E-state index contributed by atoms with van der Waals surface area (Å²) in [6.07, 6.45) is 1.77. The molecule has 2 N–H and O–H groups in total. The van der Waals surface area contributed by atoms with E-state index < -0.39 is 0 Å². The molecule has 3 aromatic rings. The molecule has 0 spiro atoms. The van der Waals surface area contributed by atoms with E-state index in [-0.39, 0.29) is 0 Å². The van der Waals surface area contributed by atoms with Gasteiger partial charge in [-0.05, 0) is 50.0 Å². The second-order valence-electron chi connectivity index (χ2n) is 5.48. The molecule has 124 valence electrons. The lowest BCUT2D eigenvalue weighted by Gasteiger charge is -2.09. The van der Waals surface area contributed by atoms with Crippen LogP contribution in [0, 0.1) is 25.7 Å². The molecule has 0 saturated heterocycles. The van der Waals surface area contributed by atoms with E-state index in [1.807, 2.05) is 30.5 Å². The topological polar surface area (TPSA) is 69.6 Å². The van der Waals surface area contributed by atoms with Gasteiger partial charge in [0.2, 0.25) is 0 Å². The molecule has 0 amide bonds. The molecule has 0 aliphatic carbocycles. The highest BCUT2D eigenvalue weighted by atomic mass is 35.5. The molecule has 0 aromatic carbocycles. The van der Waals surface area contributed by atoms with Gasteiger partial charge in [0.15, 0.2) is 5.82 Å². The lowest BCUT2D eigenvalue weighted by Crippen LogP contribution is -2.06. The van der Waals surface area contributed by atoms with Crippen molar-refractivity contribution >= 4 is 17.3 Å². The molecule has 0 aliphatic rings. The number of aryl methyl sites for hydroxylation is 1. The summed E-state index contributed by atoms with van der Waals surface area (Å²) in [5, 5.41) is 0.399. The van der Waals surface area contributed by atoms with Crippen molar-refractivity contribution in [1.29, 1.82) is 0 Å². The van der Waals surface area contributed by atoms with E-state index in [0.717, 1.165) is 17.1 Å². The minimum absolute atomic E-state index is 0.359. The van der Waals surface area contributed by atoms with Crippen molar-refractivity contribution < 1.29 is 0 Å². The van der Waals surface area contributed by atoms with Gasteiger partial charge >= 0.3 is 0 Å². The Hall–Kier alpha value is -3.10. The third-order valence-corrected chi connectivity index (χ3v) is 3.78. The molecule has 0 radical (unpaired) electrons. The van der Waals surface area contributed by atoms with Gasteiger partial charge in [0.25, 0.3) is 0 Å². The molecule has 0 atom stereocenters. The van der Waals surface area contributed by atoms with Crippen LogP contribution in [0.25, 0.3) is 11.4 Å². The second kappa shape index (κ2) is 6.80. The smallest absolute Gasteiger partial charge is 0.161 e. The van der Waals surface area contributed by atoms with Gasteiger partial charge in [-0.3, -0.25) is 9.55 Å². The van der Waals surface area contributed by atoms with Crippen LogP contribution in [0.1, 0.15) is 28.6 Å². The number of imidazole rings is 1. The van der Waals surface area contributed by atoms with Gasteiger partial charge in [0.05, 0.1) is 23.3 Å². The standard InChI is InChI=1S/C19H16ClN5/c1-12-7-9-16(11-22-12)25-14(3)17(24-19(25)13(2)21)10-8-15-5-4-6-18(20)23-15/h4-7,9,11H,2,21H2,1,3H3. The molecular weight excluding hydrogens is 334 g/mol. The Morgan fingerprint density at radius 2 is 1.96 bits per heavy atom. The third-order valence-electron chi connectivity index (χ3n) is 3.57. The van der Waals surface area contributed by atoms with Crippen molar-refractivity contribution in [3.05, 3.63) is 76.9 Å². The fourth-order valence-electron chi connectivity index (χ4n) is 2.34. The SMILES string of the molecule is C=C(N)c1nc(C#Cc2cccc(Cl)n2)c(C)n1-c1ccc(C)nc1. The van der Waals surface area contributed by atoms with Crippen molar-refractivity contribution in [2.45, 2.75) is 13.8 Å². The van der Waals surface area contributed by atoms with Crippen molar-refractivity contribution in [1.82, 2.24) is 19.5 Å². The summed E-state index contributed by atoms with van der Waals surface area (Å²) < 4.78 is 1.89. The highest BCUT2D eigenvalue weighted by Crippen LogP contribution is 2.20. The zero-order chi connectivity index (χ0) is 18.0. The first-order chi connectivity index (χ1) is 12.0. The zero-order valence-electron chi connectivity index (χ0n) is 13.9. The molecule has 3 aromatic heterocycles. The second-order valence-corrected chi connectivity index (χ2v) is 5.87. The summed E-state index contributed by atoms with van der Waals surface area (Å²) in [4.78, 5) is 13.0. The molecule has 0 fully saturated rings. The molecule has 0 aliphatic heterocycles. The Morgan fingerprint density at radius 1 is 1.16 bits per heavy atom. The van der Waals surface area contributed by atoms with Crippen LogP contribution in [0.15, 0.2) is 43.1 Å². The summed E-state index contributed by atoms with van der Waals surface area (Å²) in [7, 11) is 0.